The number of aromatic nitrogens is 1. The number of rotatable bonds is 1. The van der Waals surface area contributed by atoms with Crippen LogP contribution in [0, 0.1) is 13.8 Å². The van der Waals surface area contributed by atoms with Crippen LogP contribution in [0.5, 0.6) is 0 Å². The summed E-state index contributed by atoms with van der Waals surface area (Å²) in [5.41, 5.74) is 7.56. The Kier molecular flexibility index (Phi) is 2.61. The summed E-state index contributed by atoms with van der Waals surface area (Å²) in [5.74, 6) is 0. The number of aryl methyl sites for hydroxylation is 2. The quantitative estimate of drug-likeness (QED) is 0.463. The van der Waals surface area contributed by atoms with Gasteiger partial charge in [0, 0.05) is 21.9 Å². The Morgan fingerprint density at radius 2 is 1.48 bits per heavy atom. The molecule has 21 heavy (non-hydrogen) atoms. The van der Waals surface area contributed by atoms with Gasteiger partial charge in [0.2, 0.25) is 0 Å². The molecule has 1 heteroatoms. The second kappa shape index (κ2) is 4.49. The lowest BCUT2D eigenvalue weighted by Gasteiger charge is -2.06. The first-order valence-corrected chi connectivity index (χ1v) is 7.30. The molecule has 0 radical (unpaired) electrons. The van der Waals surface area contributed by atoms with Gasteiger partial charge in [0.1, 0.15) is 0 Å². The van der Waals surface area contributed by atoms with Crippen LogP contribution in [0.4, 0.5) is 0 Å². The van der Waals surface area contributed by atoms with E-state index in [1.54, 1.807) is 0 Å². The van der Waals surface area contributed by atoms with Crippen molar-refractivity contribution in [2.45, 2.75) is 13.8 Å². The fourth-order valence-corrected chi connectivity index (χ4v) is 3.06. The maximum absolute atomic E-state index is 3.59. The van der Waals surface area contributed by atoms with Gasteiger partial charge in [0.05, 0.1) is 5.52 Å². The number of aromatic amines is 1. The predicted octanol–water partition coefficient (Wildman–Crippen LogP) is 5.60. The van der Waals surface area contributed by atoms with E-state index in [-0.39, 0.29) is 0 Å². The largest absolute Gasteiger partial charge is 0.354 e. The van der Waals surface area contributed by atoms with Crippen molar-refractivity contribution in [3.8, 4) is 11.1 Å². The molecule has 0 aliphatic carbocycles. The summed E-state index contributed by atoms with van der Waals surface area (Å²) in [6, 6.07) is 21.8. The molecule has 102 valence electrons. The molecule has 1 N–H and O–H groups in total. The zero-order chi connectivity index (χ0) is 14.4. The third-order valence-electron chi connectivity index (χ3n) is 4.12. The molecule has 1 aromatic heterocycles. The van der Waals surface area contributed by atoms with Crippen LogP contribution in [-0.2, 0) is 0 Å². The molecule has 1 nitrogen and oxygen atoms in total. The average Bonchev–Trinajstić information content (AvgIpc) is 2.86. The highest BCUT2D eigenvalue weighted by atomic mass is 14.7. The van der Waals surface area contributed by atoms with E-state index in [4.69, 9.17) is 0 Å². The molecule has 0 unspecified atom stereocenters. The van der Waals surface area contributed by atoms with Crippen molar-refractivity contribution in [3.63, 3.8) is 0 Å². The van der Waals surface area contributed by atoms with E-state index in [9.17, 15) is 0 Å². The molecular weight excluding hydrogens is 254 g/mol. The number of hydrogen-bond acceptors (Lipinski definition) is 0. The lowest BCUT2D eigenvalue weighted by molar-refractivity contribution is 1.45. The molecule has 4 rings (SSSR count). The maximum Gasteiger partial charge on any atom is 0.0544 e. The molecule has 3 aromatic carbocycles. The topological polar surface area (TPSA) is 15.8 Å². The van der Waals surface area contributed by atoms with Crippen LogP contribution in [-0.4, -0.2) is 4.98 Å². The SMILES string of the molecule is Cc1ccc(-c2cc(C)cc3c2[nH]c2ccccc23)cc1. The number of hydrogen-bond donors (Lipinski definition) is 1. The molecule has 0 aliphatic heterocycles. The van der Waals surface area contributed by atoms with Crippen LogP contribution < -0.4 is 0 Å². The Hall–Kier alpha value is -2.54. The lowest BCUT2D eigenvalue weighted by atomic mass is 9.99. The van der Waals surface area contributed by atoms with E-state index in [1.165, 1.54) is 44.1 Å². The Morgan fingerprint density at radius 3 is 2.29 bits per heavy atom. The van der Waals surface area contributed by atoms with Gasteiger partial charge in [-0.3, -0.25) is 0 Å². The summed E-state index contributed by atoms with van der Waals surface area (Å²) in [5, 5.41) is 2.60. The summed E-state index contributed by atoms with van der Waals surface area (Å²) in [6.45, 7) is 4.29. The molecule has 0 saturated heterocycles. The number of nitrogens with one attached hydrogen (secondary N) is 1. The zero-order valence-corrected chi connectivity index (χ0v) is 12.3. The van der Waals surface area contributed by atoms with Gasteiger partial charge < -0.3 is 4.98 Å². The fraction of sp³-hybridized carbons (Fsp3) is 0.100. The van der Waals surface area contributed by atoms with Gasteiger partial charge >= 0.3 is 0 Å². The number of para-hydroxylation sites is 1. The van der Waals surface area contributed by atoms with E-state index < -0.39 is 0 Å². The second-order valence-electron chi connectivity index (χ2n) is 5.77. The van der Waals surface area contributed by atoms with Crippen molar-refractivity contribution in [2.24, 2.45) is 0 Å². The minimum atomic E-state index is 1.20. The average molecular weight is 271 g/mol. The summed E-state index contributed by atoms with van der Waals surface area (Å²) in [7, 11) is 0. The summed E-state index contributed by atoms with van der Waals surface area (Å²) in [6.07, 6.45) is 0. The third-order valence-corrected chi connectivity index (χ3v) is 4.12. The molecule has 0 spiro atoms. The molecule has 0 fully saturated rings. The van der Waals surface area contributed by atoms with Crippen LogP contribution in [0.25, 0.3) is 32.9 Å². The van der Waals surface area contributed by atoms with Crippen LogP contribution in [0.2, 0.25) is 0 Å². The minimum Gasteiger partial charge on any atom is -0.354 e. The molecule has 0 bridgehead atoms. The first-order chi connectivity index (χ1) is 10.2. The van der Waals surface area contributed by atoms with Gasteiger partial charge in [-0.2, -0.15) is 0 Å². The normalized spacial score (nSPS) is 11.3. The van der Waals surface area contributed by atoms with E-state index in [0.717, 1.165) is 0 Å². The highest BCUT2D eigenvalue weighted by Gasteiger charge is 2.10. The third kappa shape index (κ3) is 1.93. The van der Waals surface area contributed by atoms with Crippen molar-refractivity contribution >= 4 is 21.8 Å². The van der Waals surface area contributed by atoms with Gasteiger partial charge in [-0.05, 0) is 43.2 Å². The van der Waals surface area contributed by atoms with Crippen molar-refractivity contribution < 1.29 is 0 Å². The molecule has 1 heterocycles. The Balaban J connectivity index is 2.10. The Morgan fingerprint density at radius 1 is 0.714 bits per heavy atom. The van der Waals surface area contributed by atoms with Crippen molar-refractivity contribution in [2.75, 3.05) is 0 Å². The monoisotopic (exact) mass is 271 g/mol. The van der Waals surface area contributed by atoms with Crippen LogP contribution in [0.1, 0.15) is 11.1 Å². The molecule has 0 atom stereocenters. The second-order valence-corrected chi connectivity index (χ2v) is 5.77. The summed E-state index contributed by atoms with van der Waals surface area (Å²) < 4.78 is 0. The molecular formula is C20H17N. The number of H-pyrrole nitrogens is 1. The minimum absolute atomic E-state index is 1.20. The summed E-state index contributed by atoms with van der Waals surface area (Å²) in [4.78, 5) is 3.59. The van der Waals surface area contributed by atoms with Crippen LogP contribution in [0.15, 0.2) is 60.7 Å². The molecule has 0 saturated carbocycles. The zero-order valence-electron chi connectivity index (χ0n) is 12.3. The smallest absolute Gasteiger partial charge is 0.0544 e. The Labute approximate surface area is 124 Å². The van der Waals surface area contributed by atoms with Gasteiger partial charge in [-0.25, -0.2) is 0 Å². The first kappa shape index (κ1) is 12.2. The molecule has 0 amide bonds. The van der Waals surface area contributed by atoms with Gasteiger partial charge in [-0.1, -0.05) is 48.0 Å². The van der Waals surface area contributed by atoms with Gasteiger partial charge in [-0.15, -0.1) is 0 Å². The van der Waals surface area contributed by atoms with Crippen LogP contribution >= 0.6 is 0 Å². The first-order valence-electron chi connectivity index (χ1n) is 7.30. The summed E-state index contributed by atoms with van der Waals surface area (Å²) >= 11 is 0. The molecule has 4 aromatic rings. The fourth-order valence-electron chi connectivity index (χ4n) is 3.06. The Bertz CT molecular complexity index is 943. The number of benzene rings is 3. The van der Waals surface area contributed by atoms with E-state index >= 15 is 0 Å². The maximum atomic E-state index is 3.59. The van der Waals surface area contributed by atoms with Crippen molar-refractivity contribution in [1.29, 1.82) is 0 Å². The highest BCUT2D eigenvalue weighted by Crippen LogP contribution is 2.34. The van der Waals surface area contributed by atoms with Crippen LogP contribution in [0.3, 0.4) is 0 Å². The molecule has 0 aliphatic rings. The van der Waals surface area contributed by atoms with Crippen molar-refractivity contribution in [1.82, 2.24) is 4.98 Å². The highest BCUT2D eigenvalue weighted by molar-refractivity contribution is 6.12. The van der Waals surface area contributed by atoms with Gasteiger partial charge in [0.15, 0.2) is 0 Å². The van der Waals surface area contributed by atoms with E-state index in [1.807, 2.05) is 0 Å². The standard InChI is InChI=1S/C20H17N/c1-13-7-9-15(10-8-13)17-11-14(2)12-18-16-5-3-4-6-19(16)21-20(17)18/h3-12,21H,1-2H3. The lowest BCUT2D eigenvalue weighted by Crippen LogP contribution is -1.83. The predicted molar refractivity (Wildman–Crippen MR) is 90.7 cm³/mol. The van der Waals surface area contributed by atoms with E-state index in [2.05, 4.69) is 79.5 Å². The van der Waals surface area contributed by atoms with Crippen molar-refractivity contribution in [3.05, 3.63) is 71.8 Å². The van der Waals surface area contributed by atoms with E-state index in [0.29, 0.717) is 0 Å². The van der Waals surface area contributed by atoms with Gasteiger partial charge in [0.25, 0.3) is 0 Å². The number of fused-ring (bicyclic) bond motifs is 3.